The van der Waals surface area contributed by atoms with Gasteiger partial charge in [-0.1, -0.05) is 0 Å². The zero-order valence-corrected chi connectivity index (χ0v) is 7.70. The fourth-order valence-electron chi connectivity index (χ4n) is 2.89. The Kier molecular flexibility index (Phi) is 2.04. The average molecular weight is 184 g/mol. The average Bonchev–Trinajstić information content (AvgIpc) is 2.59. The molecule has 74 valence electrons. The highest BCUT2D eigenvalue weighted by molar-refractivity contribution is 5.75. The summed E-state index contributed by atoms with van der Waals surface area (Å²) in [6.45, 7) is 2.06. The van der Waals surface area contributed by atoms with Gasteiger partial charge in [0.15, 0.2) is 0 Å². The molecule has 1 unspecified atom stereocenters. The molecule has 2 fully saturated rings. The van der Waals surface area contributed by atoms with Gasteiger partial charge in [-0.2, -0.15) is 0 Å². The number of hydrogen-bond donors (Lipinski definition) is 2. The van der Waals surface area contributed by atoms with Crippen molar-refractivity contribution in [1.82, 2.24) is 4.90 Å². The van der Waals surface area contributed by atoms with E-state index in [1.54, 1.807) is 0 Å². The number of fused-ring (bicyclic) bond motifs is 1. The fraction of sp³-hybridized carbons (Fsp3) is 0.889. The van der Waals surface area contributed by atoms with E-state index in [-0.39, 0.29) is 5.54 Å². The maximum absolute atomic E-state index is 10.9. The Labute approximate surface area is 77.7 Å². The van der Waals surface area contributed by atoms with Crippen molar-refractivity contribution in [2.75, 3.05) is 13.1 Å². The van der Waals surface area contributed by atoms with Crippen molar-refractivity contribution < 1.29 is 9.90 Å². The molecule has 3 N–H and O–H groups in total. The molecule has 0 aliphatic carbocycles. The SMILES string of the molecule is NC(C(=O)O)C12CCCN1CCC2. The summed E-state index contributed by atoms with van der Waals surface area (Å²) in [6, 6.07) is -0.697. The third-order valence-corrected chi connectivity index (χ3v) is 3.55. The molecule has 2 heterocycles. The normalized spacial score (nSPS) is 28.7. The minimum Gasteiger partial charge on any atom is -0.480 e. The zero-order valence-electron chi connectivity index (χ0n) is 7.70. The van der Waals surface area contributed by atoms with Gasteiger partial charge in [0.05, 0.1) is 0 Å². The molecule has 0 radical (unpaired) electrons. The number of carboxylic acid groups (broad SMARTS) is 1. The summed E-state index contributed by atoms with van der Waals surface area (Å²) >= 11 is 0. The number of carboxylic acids is 1. The molecule has 0 aromatic rings. The highest BCUT2D eigenvalue weighted by Crippen LogP contribution is 2.40. The van der Waals surface area contributed by atoms with Crippen molar-refractivity contribution in [2.45, 2.75) is 37.3 Å². The third-order valence-electron chi connectivity index (χ3n) is 3.55. The van der Waals surface area contributed by atoms with Gasteiger partial charge >= 0.3 is 5.97 Å². The lowest BCUT2D eigenvalue weighted by molar-refractivity contribution is -0.141. The molecule has 2 saturated heterocycles. The predicted molar refractivity (Wildman–Crippen MR) is 48.4 cm³/mol. The molecular weight excluding hydrogens is 168 g/mol. The second-order valence-corrected chi connectivity index (χ2v) is 4.11. The summed E-state index contributed by atoms with van der Waals surface area (Å²) < 4.78 is 0. The molecule has 0 aromatic carbocycles. The molecule has 2 aliphatic rings. The van der Waals surface area contributed by atoms with Gasteiger partial charge in [-0.15, -0.1) is 0 Å². The summed E-state index contributed by atoms with van der Waals surface area (Å²) in [4.78, 5) is 13.1. The van der Waals surface area contributed by atoms with E-state index in [4.69, 9.17) is 10.8 Å². The van der Waals surface area contributed by atoms with Crippen LogP contribution in [0.1, 0.15) is 25.7 Å². The van der Waals surface area contributed by atoms with Crippen LogP contribution in [0.15, 0.2) is 0 Å². The first-order chi connectivity index (χ1) is 6.17. The van der Waals surface area contributed by atoms with E-state index >= 15 is 0 Å². The first kappa shape index (κ1) is 8.97. The van der Waals surface area contributed by atoms with Gasteiger partial charge in [0, 0.05) is 5.54 Å². The standard InChI is InChI=1S/C9H16N2O2/c10-7(8(12)13)9-3-1-5-11(9)6-2-4-9/h7H,1-6,10H2,(H,12,13). The molecule has 2 aliphatic heterocycles. The zero-order chi connectivity index (χ0) is 9.47. The van der Waals surface area contributed by atoms with Crippen molar-refractivity contribution >= 4 is 5.97 Å². The van der Waals surface area contributed by atoms with Crippen LogP contribution in [0.2, 0.25) is 0 Å². The van der Waals surface area contributed by atoms with Crippen LogP contribution in [0.4, 0.5) is 0 Å². The first-order valence-corrected chi connectivity index (χ1v) is 4.90. The highest BCUT2D eigenvalue weighted by Gasteiger charge is 2.50. The van der Waals surface area contributed by atoms with E-state index in [2.05, 4.69) is 4.90 Å². The Hall–Kier alpha value is -0.610. The number of aliphatic carboxylic acids is 1. The predicted octanol–water partition coefficient (Wildman–Crippen LogP) is 0.0267. The lowest BCUT2D eigenvalue weighted by Crippen LogP contribution is -2.57. The number of nitrogens with two attached hydrogens (primary N) is 1. The van der Waals surface area contributed by atoms with Crippen LogP contribution in [-0.2, 0) is 4.79 Å². The van der Waals surface area contributed by atoms with Crippen LogP contribution in [0.3, 0.4) is 0 Å². The number of rotatable bonds is 2. The van der Waals surface area contributed by atoms with Crippen LogP contribution in [0.25, 0.3) is 0 Å². The molecule has 4 nitrogen and oxygen atoms in total. The van der Waals surface area contributed by atoms with Gasteiger partial charge in [0.25, 0.3) is 0 Å². The molecule has 0 aromatic heterocycles. The summed E-state index contributed by atoms with van der Waals surface area (Å²) in [5, 5.41) is 8.93. The van der Waals surface area contributed by atoms with E-state index in [9.17, 15) is 4.79 Å². The van der Waals surface area contributed by atoms with E-state index < -0.39 is 12.0 Å². The van der Waals surface area contributed by atoms with Crippen LogP contribution >= 0.6 is 0 Å². The van der Waals surface area contributed by atoms with Crippen molar-refractivity contribution in [3.63, 3.8) is 0 Å². The minimum absolute atomic E-state index is 0.203. The molecule has 0 saturated carbocycles. The summed E-state index contributed by atoms with van der Waals surface area (Å²) in [6.07, 6.45) is 4.11. The van der Waals surface area contributed by atoms with Gasteiger partial charge in [-0.25, -0.2) is 0 Å². The second-order valence-electron chi connectivity index (χ2n) is 4.11. The third kappa shape index (κ3) is 1.16. The maximum atomic E-state index is 10.9. The first-order valence-electron chi connectivity index (χ1n) is 4.90. The molecule has 4 heteroatoms. The largest absolute Gasteiger partial charge is 0.480 e. The van der Waals surface area contributed by atoms with Gasteiger partial charge < -0.3 is 10.8 Å². The number of hydrogen-bond acceptors (Lipinski definition) is 3. The summed E-state index contributed by atoms with van der Waals surface area (Å²) in [7, 11) is 0. The minimum atomic E-state index is -0.853. The van der Waals surface area contributed by atoms with E-state index in [0.29, 0.717) is 0 Å². The van der Waals surface area contributed by atoms with Crippen molar-refractivity contribution in [3.8, 4) is 0 Å². The summed E-state index contributed by atoms with van der Waals surface area (Å²) in [5.41, 5.74) is 5.55. The Balaban J connectivity index is 2.22. The van der Waals surface area contributed by atoms with E-state index in [1.807, 2.05) is 0 Å². The lowest BCUT2D eigenvalue weighted by atomic mass is 9.86. The quantitative estimate of drug-likeness (QED) is 0.635. The van der Waals surface area contributed by atoms with Crippen molar-refractivity contribution in [1.29, 1.82) is 0 Å². The van der Waals surface area contributed by atoms with Gasteiger partial charge in [0.2, 0.25) is 0 Å². The molecular formula is C9H16N2O2. The van der Waals surface area contributed by atoms with E-state index in [1.165, 1.54) is 0 Å². The number of carbonyl (C=O) groups is 1. The smallest absolute Gasteiger partial charge is 0.322 e. The highest BCUT2D eigenvalue weighted by atomic mass is 16.4. The summed E-state index contributed by atoms with van der Waals surface area (Å²) in [5.74, 6) is -0.853. The monoisotopic (exact) mass is 184 g/mol. The Morgan fingerprint density at radius 2 is 1.92 bits per heavy atom. The molecule has 0 spiro atoms. The van der Waals surface area contributed by atoms with Gasteiger partial charge in [-0.05, 0) is 38.8 Å². The molecule has 0 amide bonds. The number of nitrogens with zero attached hydrogens (tertiary/aromatic N) is 1. The van der Waals surface area contributed by atoms with Crippen LogP contribution < -0.4 is 5.73 Å². The van der Waals surface area contributed by atoms with Crippen LogP contribution in [0, 0.1) is 0 Å². The Morgan fingerprint density at radius 1 is 1.38 bits per heavy atom. The Bertz CT molecular complexity index is 220. The van der Waals surface area contributed by atoms with E-state index in [0.717, 1.165) is 38.8 Å². The van der Waals surface area contributed by atoms with Gasteiger partial charge in [-0.3, -0.25) is 9.69 Å². The fourth-order valence-corrected chi connectivity index (χ4v) is 2.89. The van der Waals surface area contributed by atoms with Crippen LogP contribution in [0.5, 0.6) is 0 Å². The molecule has 2 rings (SSSR count). The maximum Gasteiger partial charge on any atom is 0.322 e. The lowest BCUT2D eigenvalue weighted by Gasteiger charge is -2.35. The van der Waals surface area contributed by atoms with Crippen molar-refractivity contribution in [2.24, 2.45) is 5.73 Å². The van der Waals surface area contributed by atoms with Crippen LogP contribution in [-0.4, -0.2) is 40.6 Å². The second kappa shape index (κ2) is 2.96. The molecule has 13 heavy (non-hydrogen) atoms. The Morgan fingerprint density at radius 3 is 2.38 bits per heavy atom. The molecule has 0 bridgehead atoms. The topological polar surface area (TPSA) is 66.6 Å². The van der Waals surface area contributed by atoms with Crippen molar-refractivity contribution in [3.05, 3.63) is 0 Å². The molecule has 1 atom stereocenters. The van der Waals surface area contributed by atoms with Gasteiger partial charge in [0.1, 0.15) is 6.04 Å².